The maximum Gasteiger partial charge on any atom is 0.471 e. The minimum atomic E-state index is -5.06. The predicted octanol–water partition coefficient (Wildman–Crippen LogP) is 3.65. The predicted molar refractivity (Wildman–Crippen MR) is 95.4 cm³/mol. The third-order valence-corrected chi connectivity index (χ3v) is 4.32. The Morgan fingerprint density at radius 1 is 1.04 bits per heavy atom. The number of hydrogen-bond acceptors (Lipinski definition) is 2. The lowest BCUT2D eigenvalue weighted by molar-refractivity contribution is -0.174. The number of hydrogen-bond donors (Lipinski definition) is 1. The van der Waals surface area contributed by atoms with Crippen LogP contribution in [0.2, 0.25) is 0 Å². The van der Waals surface area contributed by atoms with Gasteiger partial charge in [0.2, 0.25) is 0 Å². The van der Waals surface area contributed by atoms with E-state index in [9.17, 15) is 22.8 Å². The molecule has 0 saturated heterocycles. The Balaban J connectivity index is 1.97. The molecule has 1 atom stereocenters. The van der Waals surface area contributed by atoms with Gasteiger partial charge in [-0.25, -0.2) is 0 Å². The normalized spacial score (nSPS) is 12.7. The zero-order chi connectivity index (χ0) is 19.6. The Morgan fingerprint density at radius 3 is 2.33 bits per heavy atom. The molecule has 2 aromatic carbocycles. The van der Waals surface area contributed by atoms with Crippen LogP contribution in [0.15, 0.2) is 60.8 Å². The fraction of sp³-hybridized carbons (Fsp3) is 0.200. The minimum absolute atomic E-state index is 0.0370. The number of carbonyl (C=O) groups is 2. The number of fused-ring (bicyclic) bond motifs is 1. The van der Waals surface area contributed by atoms with E-state index in [2.05, 4.69) is 0 Å². The summed E-state index contributed by atoms with van der Waals surface area (Å²) in [4.78, 5) is 24.5. The van der Waals surface area contributed by atoms with Crippen LogP contribution in [0.4, 0.5) is 13.2 Å². The van der Waals surface area contributed by atoms with Crippen molar-refractivity contribution >= 4 is 22.6 Å². The molecule has 0 spiro atoms. The number of carbonyl (C=O) groups excluding carboxylic acids is 2. The first-order valence-corrected chi connectivity index (χ1v) is 8.27. The number of aromatic nitrogens is 1. The number of nitrogens with one attached hydrogen (secondary N) is 1. The summed E-state index contributed by atoms with van der Waals surface area (Å²) in [6.45, 7) is 0. The maximum absolute atomic E-state index is 13.0. The van der Waals surface area contributed by atoms with Crippen LogP contribution in [0, 0.1) is 0 Å². The molecule has 1 N–H and O–H groups in total. The summed E-state index contributed by atoms with van der Waals surface area (Å²) in [5, 5.41) is 2.48. The van der Waals surface area contributed by atoms with Crippen molar-refractivity contribution in [1.29, 1.82) is 0 Å². The van der Waals surface area contributed by atoms with E-state index < -0.39 is 23.9 Å². The molecule has 0 radical (unpaired) electrons. The number of aryl methyl sites for hydroxylation is 1. The van der Waals surface area contributed by atoms with Crippen LogP contribution in [0.1, 0.15) is 15.9 Å². The first-order chi connectivity index (χ1) is 12.8. The number of amides is 1. The zero-order valence-corrected chi connectivity index (χ0v) is 14.5. The van der Waals surface area contributed by atoms with Crippen molar-refractivity contribution in [3.05, 3.63) is 71.9 Å². The van der Waals surface area contributed by atoms with Crippen LogP contribution >= 0.6 is 0 Å². The number of ketones is 1. The van der Waals surface area contributed by atoms with E-state index in [0.29, 0.717) is 10.9 Å². The minimum Gasteiger partial charge on any atom is -0.350 e. The van der Waals surface area contributed by atoms with Crippen molar-refractivity contribution in [3.8, 4) is 0 Å². The van der Waals surface area contributed by atoms with Gasteiger partial charge in [-0.2, -0.15) is 13.2 Å². The highest BCUT2D eigenvalue weighted by atomic mass is 19.4. The van der Waals surface area contributed by atoms with Gasteiger partial charge in [0.1, 0.15) is 0 Å². The molecule has 0 aliphatic rings. The van der Waals surface area contributed by atoms with Crippen molar-refractivity contribution < 1.29 is 22.8 Å². The summed E-state index contributed by atoms with van der Waals surface area (Å²) < 4.78 is 40.0. The quantitative estimate of drug-likeness (QED) is 0.693. The number of benzene rings is 2. The van der Waals surface area contributed by atoms with Crippen LogP contribution in [-0.2, 0) is 18.3 Å². The average molecular weight is 374 g/mol. The van der Waals surface area contributed by atoms with Crippen molar-refractivity contribution in [2.45, 2.75) is 18.6 Å². The third-order valence-electron chi connectivity index (χ3n) is 4.32. The molecule has 0 bridgehead atoms. The molecule has 140 valence electrons. The van der Waals surface area contributed by atoms with Gasteiger partial charge in [-0.3, -0.25) is 9.59 Å². The number of halogens is 3. The first-order valence-electron chi connectivity index (χ1n) is 8.27. The molecule has 1 heterocycles. The van der Waals surface area contributed by atoms with Gasteiger partial charge in [-0.1, -0.05) is 48.5 Å². The average Bonchev–Trinajstić information content (AvgIpc) is 2.98. The molecular weight excluding hydrogens is 357 g/mol. The van der Waals surface area contributed by atoms with Crippen molar-refractivity contribution in [3.63, 3.8) is 0 Å². The molecule has 3 aromatic rings. The Morgan fingerprint density at radius 2 is 1.67 bits per heavy atom. The van der Waals surface area contributed by atoms with E-state index in [1.165, 1.54) is 0 Å². The van der Waals surface area contributed by atoms with E-state index in [4.69, 9.17) is 0 Å². The van der Waals surface area contributed by atoms with Gasteiger partial charge < -0.3 is 9.88 Å². The maximum atomic E-state index is 13.0. The van der Waals surface area contributed by atoms with E-state index in [0.717, 1.165) is 5.52 Å². The number of nitrogens with zero attached hydrogens (tertiary/aromatic N) is 1. The molecule has 0 aliphatic carbocycles. The van der Waals surface area contributed by atoms with Crippen LogP contribution in [-0.4, -0.2) is 28.5 Å². The van der Waals surface area contributed by atoms with Crippen molar-refractivity contribution in [2.24, 2.45) is 7.05 Å². The molecule has 4 nitrogen and oxygen atoms in total. The molecule has 7 heteroatoms. The lowest BCUT2D eigenvalue weighted by Crippen LogP contribution is -2.48. The second-order valence-corrected chi connectivity index (χ2v) is 6.25. The topological polar surface area (TPSA) is 51.1 Å². The van der Waals surface area contributed by atoms with Gasteiger partial charge in [0.05, 0.1) is 6.04 Å². The highest BCUT2D eigenvalue weighted by Gasteiger charge is 2.41. The van der Waals surface area contributed by atoms with E-state index in [-0.39, 0.29) is 12.0 Å². The second kappa shape index (κ2) is 7.26. The molecule has 27 heavy (non-hydrogen) atoms. The summed E-state index contributed by atoms with van der Waals surface area (Å²) in [5.41, 5.74) is 1.71. The van der Waals surface area contributed by atoms with Crippen LogP contribution in [0.3, 0.4) is 0 Å². The molecule has 1 amide bonds. The van der Waals surface area contributed by atoms with Gasteiger partial charge in [-0.05, 0) is 11.6 Å². The Hall–Kier alpha value is -3.09. The lowest BCUT2D eigenvalue weighted by atomic mass is 9.97. The van der Waals surface area contributed by atoms with Crippen molar-refractivity contribution in [1.82, 2.24) is 9.88 Å². The van der Waals surface area contributed by atoms with Gasteiger partial charge >= 0.3 is 12.1 Å². The highest BCUT2D eigenvalue weighted by molar-refractivity contribution is 6.11. The second-order valence-electron chi connectivity index (χ2n) is 6.25. The van der Waals surface area contributed by atoms with Gasteiger partial charge in [-0.15, -0.1) is 0 Å². The summed E-state index contributed by atoms with van der Waals surface area (Å²) in [5.74, 6) is -2.69. The molecule has 0 unspecified atom stereocenters. The summed E-state index contributed by atoms with van der Waals surface area (Å²) >= 11 is 0. The van der Waals surface area contributed by atoms with E-state index in [1.54, 1.807) is 60.3 Å². The Labute approximate surface area is 153 Å². The van der Waals surface area contributed by atoms with Crippen molar-refractivity contribution in [2.75, 3.05) is 0 Å². The molecule has 3 rings (SSSR count). The number of Topliss-reactive ketones (excluding diaryl/α,β-unsaturated/α-hetero) is 1. The summed E-state index contributed by atoms with van der Waals surface area (Å²) in [6.07, 6.45) is -3.52. The summed E-state index contributed by atoms with van der Waals surface area (Å²) in [7, 11) is 1.75. The van der Waals surface area contributed by atoms with Crippen LogP contribution in [0.5, 0.6) is 0 Å². The monoisotopic (exact) mass is 374 g/mol. The van der Waals surface area contributed by atoms with E-state index in [1.807, 2.05) is 17.4 Å². The van der Waals surface area contributed by atoms with Crippen LogP contribution in [0.25, 0.3) is 10.9 Å². The zero-order valence-electron chi connectivity index (χ0n) is 14.5. The number of para-hydroxylation sites is 1. The SMILES string of the molecule is Cn1cc(C(=O)[C@@H](Cc2ccccc2)NC(=O)C(F)(F)F)c2ccccc21. The molecule has 0 fully saturated rings. The first kappa shape index (κ1) is 18.7. The summed E-state index contributed by atoms with van der Waals surface area (Å²) in [6, 6.07) is 14.4. The largest absolute Gasteiger partial charge is 0.471 e. The Bertz CT molecular complexity index is 978. The molecule has 0 aliphatic heterocycles. The van der Waals surface area contributed by atoms with Gasteiger partial charge in [0.15, 0.2) is 5.78 Å². The third kappa shape index (κ3) is 4.02. The fourth-order valence-corrected chi connectivity index (χ4v) is 3.02. The highest BCUT2D eigenvalue weighted by Crippen LogP contribution is 2.23. The Kier molecular flexibility index (Phi) is 5.03. The molecule has 1 aromatic heterocycles. The molecule has 0 saturated carbocycles. The number of alkyl halides is 3. The van der Waals surface area contributed by atoms with Crippen LogP contribution < -0.4 is 5.32 Å². The lowest BCUT2D eigenvalue weighted by Gasteiger charge is -2.18. The van der Waals surface area contributed by atoms with Gasteiger partial charge in [0, 0.05) is 36.1 Å². The smallest absolute Gasteiger partial charge is 0.350 e. The number of rotatable bonds is 5. The fourth-order valence-electron chi connectivity index (χ4n) is 3.02. The van der Waals surface area contributed by atoms with Gasteiger partial charge in [0.25, 0.3) is 0 Å². The standard InChI is InChI=1S/C20H17F3N2O2/c1-25-12-15(14-9-5-6-10-17(14)25)18(26)16(24-19(27)20(21,22)23)11-13-7-3-2-4-8-13/h2-10,12,16H,11H2,1H3,(H,24,27)/t16-/m1/s1. The van der Waals surface area contributed by atoms with E-state index >= 15 is 0 Å². The molecular formula is C20H17F3N2O2.